The van der Waals surface area contributed by atoms with Gasteiger partial charge in [0, 0.05) is 17.6 Å². The van der Waals surface area contributed by atoms with Crippen LogP contribution in [0.5, 0.6) is 0 Å². The summed E-state index contributed by atoms with van der Waals surface area (Å²) in [5.74, 6) is -0.185. The molecule has 0 saturated carbocycles. The first-order valence-electron chi connectivity index (χ1n) is 5.25. The van der Waals surface area contributed by atoms with Gasteiger partial charge in [-0.05, 0) is 31.4 Å². The van der Waals surface area contributed by atoms with Crippen molar-refractivity contribution in [1.29, 1.82) is 0 Å². The first kappa shape index (κ1) is 11.1. The van der Waals surface area contributed by atoms with Crippen LogP contribution in [0.2, 0.25) is 0 Å². The molecule has 0 aromatic carbocycles. The molecule has 2 rings (SSSR count). The molecule has 0 unspecified atom stereocenters. The predicted molar refractivity (Wildman–Crippen MR) is 65.5 cm³/mol. The van der Waals surface area contributed by atoms with E-state index in [1.807, 2.05) is 12.3 Å². The molecule has 5 heteroatoms. The van der Waals surface area contributed by atoms with E-state index in [9.17, 15) is 4.39 Å². The molecule has 0 aliphatic heterocycles. The fraction of sp³-hybridized carbons (Fsp3) is 0.364. The zero-order valence-corrected chi connectivity index (χ0v) is 9.90. The Balaban J connectivity index is 2.23. The summed E-state index contributed by atoms with van der Waals surface area (Å²) in [6.07, 6.45) is 3.05. The molecule has 1 aromatic heterocycles. The van der Waals surface area contributed by atoms with Gasteiger partial charge in [0.05, 0.1) is 5.69 Å². The van der Waals surface area contributed by atoms with Crippen LogP contribution in [0.25, 0.3) is 5.57 Å². The van der Waals surface area contributed by atoms with Gasteiger partial charge in [0.2, 0.25) is 0 Å². The van der Waals surface area contributed by atoms with E-state index >= 15 is 0 Å². The molecule has 3 N–H and O–H groups in total. The van der Waals surface area contributed by atoms with E-state index in [2.05, 4.69) is 10.3 Å². The van der Waals surface area contributed by atoms with Gasteiger partial charge in [0.25, 0.3) is 0 Å². The Morgan fingerprint density at radius 2 is 2.38 bits per heavy atom. The summed E-state index contributed by atoms with van der Waals surface area (Å²) >= 11 is 1.38. The normalized spacial score (nSPS) is 16.2. The average molecular weight is 239 g/mol. The standard InChI is InChI=1S/C11H14FN3S/c1-2-14-9-4-3-7(5-8(9)12)10-6-16-11(13)15-10/h5-6,14H,2-4H2,1H3,(H2,13,15). The molecule has 0 saturated heterocycles. The van der Waals surface area contributed by atoms with Crippen LogP contribution in [0.1, 0.15) is 25.5 Å². The largest absolute Gasteiger partial charge is 0.386 e. The number of nitrogen functional groups attached to an aromatic ring is 1. The smallest absolute Gasteiger partial charge is 0.180 e. The molecule has 0 bridgehead atoms. The Morgan fingerprint density at radius 3 is 2.94 bits per heavy atom. The number of anilines is 1. The topological polar surface area (TPSA) is 50.9 Å². The zero-order valence-electron chi connectivity index (χ0n) is 9.09. The average Bonchev–Trinajstić information content (AvgIpc) is 2.68. The number of nitrogens with zero attached hydrogens (tertiary/aromatic N) is 1. The Morgan fingerprint density at radius 1 is 1.56 bits per heavy atom. The highest BCUT2D eigenvalue weighted by atomic mass is 32.1. The first-order chi connectivity index (χ1) is 7.70. The fourth-order valence-corrected chi connectivity index (χ4v) is 2.30. The maximum atomic E-state index is 13.7. The van der Waals surface area contributed by atoms with E-state index in [0.717, 1.165) is 24.2 Å². The maximum Gasteiger partial charge on any atom is 0.180 e. The molecular weight excluding hydrogens is 225 g/mol. The van der Waals surface area contributed by atoms with Crippen molar-refractivity contribution in [3.63, 3.8) is 0 Å². The van der Waals surface area contributed by atoms with Gasteiger partial charge in [-0.25, -0.2) is 9.37 Å². The van der Waals surface area contributed by atoms with Gasteiger partial charge in [-0.1, -0.05) is 0 Å². The third-order valence-electron chi connectivity index (χ3n) is 2.47. The molecule has 0 amide bonds. The highest BCUT2D eigenvalue weighted by molar-refractivity contribution is 7.13. The number of allylic oxidation sites excluding steroid dienone is 4. The molecule has 0 radical (unpaired) electrons. The number of nitrogens with two attached hydrogens (primary N) is 1. The van der Waals surface area contributed by atoms with Crippen LogP contribution in [0.15, 0.2) is 23.0 Å². The van der Waals surface area contributed by atoms with Crippen LogP contribution < -0.4 is 11.1 Å². The molecule has 1 heterocycles. The van der Waals surface area contributed by atoms with Crippen LogP contribution in [0, 0.1) is 0 Å². The van der Waals surface area contributed by atoms with Crippen LogP contribution in [0.3, 0.4) is 0 Å². The van der Waals surface area contributed by atoms with E-state index in [-0.39, 0.29) is 5.83 Å². The number of thiazole rings is 1. The Labute approximate surface area is 97.9 Å². The Bertz CT molecular complexity index is 448. The molecule has 1 aliphatic rings. The van der Waals surface area contributed by atoms with Crippen LogP contribution in [0.4, 0.5) is 9.52 Å². The number of rotatable bonds is 3. The molecule has 16 heavy (non-hydrogen) atoms. The third-order valence-corrected chi connectivity index (χ3v) is 3.15. The minimum Gasteiger partial charge on any atom is -0.386 e. The predicted octanol–water partition coefficient (Wildman–Crippen LogP) is 2.69. The van der Waals surface area contributed by atoms with Crippen molar-refractivity contribution in [2.45, 2.75) is 19.8 Å². The molecule has 86 valence electrons. The van der Waals surface area contributed by atoms with E-state index in [0.29, 0.717) is 17.2 Å². The van der Waals surface area contributed by atoms with Crippen LogP contribution >= 0.6 is 11.3 Å². The summed E-state index contributed by atoms with van der Waals surface area (Å²) in [7, 11) is 0. The van der Waals surface area contributed by atoms with Crippen molar-refractivity contribution >= 4 is 22.0 Å². The number of nitrogens with one attached hydrogen (secondary N) is 1. The first-order valence-corrected chi connectivity index (χ1v) is 6.13. The summed E-state index contributed by atoms with van der Waals surface area (Å²) in [5, 5.41) is 5.42. The van der Waals surface area contributed by atoms with Crippen molar-refractivity contribution in [3.05, 3.63) is 28.7 Å². The molecule has 0 fully saturated rings. The van der Waals surface area contributed by atoms with Crippen molar-refractivity contribution in [2.24, 2.45) is 0 Å². The summed E-state index contributed by atoms with van der Waals surface area (Å²) in [6.45, 7) is 2.70. The summed E-state index contributed by atoms with van der Waals surface area (Å²) in [5.41, 5.74) is 7.97. The van der Waals surface area contributed by atoms with Gasteiger partial charge in [-0.15, -0.1) is 11.3 Å². The molecule has 0 atom stereocenters. The van der Waals surface area contributed by atoms with Gasteiger partial charge < -0.3 is 11.1 Å². The molecular formula is C11H14FN3S. The molecule has 3 nitrogen and oxygen atoms in total. The zero-order chi connectivity index (χ0) is 11.5. The van der Waals surface area contributed by atoms with E-state index < -0.39 is 0 Å². The highest BCUT2D eigenvalue weighted by Crippen LogP contribution is 2.30. The summed E-state index contributed by atoms with van der Waals surface area (Å²) < 4.78 is 13.7. The van der Waals surface area contributed by atoms with Gasteiger partial charge in [0.1, 0.15) is 5.83 Å². The highest BCUT2D eigenvalue weighted by Gasteiger charge is 2.15. The van der Waals surface area contributed by atoms with E-state index in [4.69, 9.17) is 5.73 Å². The Kier molecular flexibility index (Phi) is 3.24. The van der Waals surface area contributed by atoms with Crippen LogP contribution in [-0.2, 0) is 0 Å². The number of hydrogen-bond acceptors (Lipinski definition) is 4. The molecule has 1 aromatic rings. The van der Waals surface area contributed by atoms with E-state index in [1.165, 1.54) is 11.3 Å². The molecule has 1 aliphatic carbocycles. The lowest BCUT2D eigenvalue weighted by atomic mass is 10.00. The number of hydrogen-bond donors (Lipinski definition) is 2. The minimum absolute atomic E-state index is 0.185. The second-order valence-corrected chi connectivity index (χ2v) is 4.49. The lowest BCUT2D eigenvalue weighted by Gasteiger charge is -2.15. The summed E-state index contributed by atoms with van der Waals surface area (Å²) in [4.78, 5) is 4.16. The summed E-state index contributed by atoms with van der Waals surface area (Å²) in [6, 6.07) is 0. The monoisotopic (exact) mass is 239 g/mol. The van der Waals surface area contributed by atoms with Gasteiger partial charge >= 0.3 is 0 Å². The molecule has 0 spiro atoms. The second kappa shape index (κ2) is 4.65. The van der Waals surface area contributed by atoms with Crippen molar-refractivity contribution < 1.29 is 4.39 Å². The van der Waals surface area contributed by atoms with Crippen molar-refractivity contribution in [3.8, 4) is 0 Å². The number of aromatic nitrogens is 1. The third kappa shape index (κ3) is 2.24. The van der Waals surface area contributed by atoms with Crippen molar-refractivity contribution in [2.75, 3.05) is 12.3 Å². The maximum absolute atomic E-state index is 13.7. The minimum atomic E-state index is -0.185. The SMILES string of the molecule is CCNC1=C(F)C=C(c2csc(N)n2)CC1. The van der Waals surface area contributed by atoms with Crippen LogP contribution in [-0.4, -0.2) is 11.5 Å². The Hall–Kier alpha value is -1.36. The van der Waals surface area contributed by atoms with Gasteiger partial charge in [-0.2, -0.15) is 0 Å². The van der Waals surface area contributed by atoms with Crippen molar-refractivity contribution in [1.82, 2.24) is 10.3 Å². The van der Waals surface area contributed by atoms with E-state index in [1.54, 1.807) is 6.08 Å². The lowest BCUT2D eigenvalue weighted by molar-refractivity contribution is 0.609. The quantitative estimate of drug-likeness (QED) is 0.852. The fourth-order valence-electron chi connectivity index (χ4n) is 1.71. The lowest BCUT2D eigenvalue weighted by Crippen LogP contribution is -2.15. The van der Waals surface area contributed by atoms with Gasteiger partial charge in [-0.3, -0.25) is 0 Å². The second-order valence-electron chi connectivity index (χ2n) is 3.60. The number of halogens is 1. The van der Waals surface area contributed by atoms with Gasteiger partial charge in [0.15, 0.2) is 5.13 Å².